The number of hydrogen-bond donors (Lipinski definition) is 1. The second-order valence-corrected chi connectivity index (χ2v) is 4.67. The van der Waals surface area contributed by atoms with Crippen LogP contribution in [0.1, 0.15) is 13.8 Å². The molecule has 0 aromatic carbocycles. The molecule has 1 unspecified atom stereocenters. The predicted octanol–water partition coefficient (Wildman–Crippen LogP) is 0.916. The number of alkyl halides is 3. The smallest absolute Gasteiger partial charge is 0.370 e. The van der Waals surface area contributed by atoms with Gasteiger partial charge in [0, 0.05) is 0 Å². The predicted molar refractivity (Wildman–Crippen MR) is 60.5 cm³/mol. The van der Waals surface area contributed by atoms with Gasteiger partial charge in [0.15, 0.2) is 0 Å². The Hall–Kier alpha value is -1.64. The quantitative estimate of drug-likeness (QED) is 0.604. The number of rotatable bonds is 5. The van der Waals surface area contributed by atoms with Crippen LogP contribution >= 0.6 is 0 Å². The number of imide groups is 2. The highest BCUT2D eigenvalue weighted by molar-refractivity contribution is 6.16. The van der Waals surface area contributed by atoms with Gasteiger partial charge in [0.2, 0.25) is 11.8 Å². The second-order valence-electron chi connectivity index (χ2n) is 4.67. The molecule has 0 spiro atoms. The van der Waals surface area contributed by atoms with Crippen LogP contribution < -0.4 is 5.32 Å². The van der Waals surface area contributed by atoms with Gasteiger partial charge in [0.05, 0.1) is 13.2 Å². The van der Waals surface area contributed by atoms with E-state index in [-0.39, 0.29) is 12.5 Å². The molecule has 1 N–H and O–H groups in total. The summed E-state index contributed by atoms with van der Waals surface area (Å²) in [5, 5.41) is 2.00. The molecular weight excluding hydrogens is 281 g/mol. The SMILES string of the molecule is CC(C)C1C(=O)NC(=O)N(CCOCC(F)(F)F)C1=O. The minimum Gasteiger partial charge on any atom is -0.370 e. The van der Waals surface area contributed by atoms with E-state index in [1.807, 2.05) is 5.32 Å². The number of amides is 4. The Morgan fingerprint density at radius 1 is 1.30 bits per heavy atom. The molecule has 0 bridgehead atoms. The first kappa shape index (κ1) is 16.4. The van der Waals surface area contributed by atoms with Crippen molar-refractivity contribution >= 4 is 17.8 Å². The molecule has 6 nitrogen and oxygen atoms in total. The van der Waals surface area contributed by atoms with Crippen molar-refractivity contribution in [1.29, 1.82) is 0 Å². The minimum atomic E-state index is -4.47. The van der Waals surface area contributed by atoms with E-state index in [1.54, 1.807) is 13.8 Å². The molecule has 0 aliphatic carbocycles. The molecule has 114 valence electrons. The van der Waals surface area contributed by atoms with E-state index in [4.69, 9.17) is 0 Å². The molecule has 9 heteroatoms. The van der Waals surface area contributed by atoms with Crippen molar-refractivity contribution in [2.24, 2.45) is 11.8 Å². The van der Waals surface area contributed by atoms with E-state index in [9.17, 15) is 27.6 Å². The summed E-state index contributed by atoms with van der Waals surface area (Å²) < 4.78 is 39.9. The molecule has 0 aromatic heterocycles. The Labute approximate surface area is 113 Å². The van der Waals surface area contributed by atoms with Gasteiger partial charge in [-0.05, 0) is 5.92 Å². The van der Waals surface area contributed by atoms with Gasteiger partial charge in [0.25, 0.3) is 0 Å². The van der Waals surface area contributed by atoms with Gasteiger partial charge in [-0.1, -0.05) is 13.8 Å². The average Bonchev–Trinajstić information content (AvgIpc) is 2.24. The first-order valence-electron chi connectivity index (χ1n) is 5.94. The van der Waals surface area contributed by atoms with Crippen molar-refractivity contribution in [3.63, 3.8) is 0 Å². The van der Waals surface area contributed by atoms with Crippen LogP contribution in [0.5, 0.6) is 0 Å². The van der Waals surface area contributed by atoms with Gasteiger partial charge in [-0.25, -0.2) is 4.79 Å². The molecule has 1 aliphatic rings. The topological polar surface area (TPSA) is 75.7 Å². The average molecular weight is 296 g/mol. The van der Waals surface area contributed by atoms with Crippen molar-refractivity contribution in [2.75, 3.05) is 19.8 Å². The number of hydrogen-bond acceptors (Lipinski definition) is 4. The summed E-state index contributed by atoms with van der Waals surface area (Å²) in [7, 11) is 0. The van der Waals surface area contributed by atoms with Gasteiger partial charge in [-0.2, -0.15) is 13.2 Å². The number of carbonyl (C=O) groups excluding carboxylic acids is 3. The zero-order valence-electron chi connectivity index (χ0n) is 11.0. The zero-order valence-corrected chi connectivity index (χ0v) is 11.0. The molecule has 20 heavy (non-hydrogen) atoms. The largest absolute Gasteiger partial charge is 0.411 e. The molecule has 1 rings (SSSR count). The third kappa shape index (κ3) is 4.19. The third-order valence-electron chi connectivity index (χ3n) is 2.68. The normalized spacial score (nSPS) is 20.6. The molecule has 1 heterocycles. The summed E-state index contributed by atoms with van der Waals surface area (Å²) in [6.07, 6.45) is -4.47. The molecular formula is C11H15F3N2O4. The van der Waals surface area contributed by atoms with Crippen molar-refractivity contribution in [1.82, 2.24) is 10.2 Å². The van der Waals surface area contributed by atoms with Crippen LogP contribution in [0.4, 0.5) is 18.0 Å². The highest BCUT2D eigenvalue weighted by Crippen LogP contribution is 2.19. The molecule has 0 saturated carbocycles. The van der Waals surface area contributed by atoms with E-state index in [1.165, 1.54) is 0 Å². The van der Waals surface area contributed by atoms with E-state index >= 15 is 0 Å². The summed E-state index contributed by atoms with van der Waals surface area (Å²) in [5.74, 6) is -2.75. The summed E-state index contributed by atoms with van der Waals surface area (Å²) in [6, 6.07) is -0.937. The fourth-order valence-corrected chi connectivity index (χ4v) is 1.77. The number of nitrogens with zero attached hydrogens (tertiary/aromatic N) is 1. The molecule has 1 atom stereocenters. The molecule has 4 amide bonds. The van der Waals surface area contributed by atoms with Crippen LogP contribution in [0.25, 0.3) is 0 Å². The number of carbonyl (C=O) groups is 3. The van der Waals surface area contributed by atoms with Crippen molar-refractivity contribution in [3.8, 4) is 0 Å². The summed E-state index contributed by atoms with van der Waals surface area (Å²) in [4.78, 5) is 35.6. The standard InChI is InChI=1S/C11H15F3N2O4/c1-6(2)7-8(17)15-10(19)16(9(7)18)3-4-20-5-11(12,13)14/h6-7H,3-5H2,1-2H3,(H,15,17,19). The number of halogens is 3. The lowest BCUT2D eigenvalue weighted by atomic mass is 9.92. The fraction of sp³-hybridized carbons (Fsp3) is 0.727. The Morgan fingerprint density at radius 3 is 2.40 bits per heavy atom. The van der Waals surface area contributed by atoms with Gasteiger partial charge in [-0.15, -0.1) is 0 Å². The highest BCUT2D eigenvalue weighted by atomic mass is 19.4. The molecule has 1 aliphatic heterocycles. The van der Waals surface area contributed by atoms with Crippen LogP contribution in [-0.4, -0.2) is 48.7 Å². The van der Waals surface area contributed by atoms with Gasteiger partial charge in [-0.3, -0.25) is 19.8 Å². The summed E-state index contributed by atoms with van der Waals surface area (Å²) >= 11 is 0. The summed E-state index contributed by atoms with van der Waals surface area (Å²) in [6.45, 7) is 1.03. The first-order chi connectivity index (χ1) is 9.13. The van der Waals surface area contributed by atoms with E-state index in [2.05, 4.69) is 4.74 Å². The minimum absolute atomic E-state index is 0.325. The van der Waals surface area contributed by atoms with Crippen LogP contribution in [0, 0.1) is 11.8 Å². The Morgan fingerprint density at radius 2 is 1.90 bits per heavy atom. The van der Waals surface area contributed by atoms with E-state index < -0.39 is 43.2 Å². The lowest BCUT2D eigenvalue weighted by molar-refractivity contribution is -0.174. The van der Waals surface area contributed by atoms with E-state index in [0.29, 0.717) is 4.90 Å². The number of barbiturate groups is 1. The molecule has 0 aromatic rings. The third-order valence-corrected chi connectivity index (χ3v) is 2.68. The highest BCUT2D eigenvalue weighted by Gasteiger charge is 2.41. The van der Waals surface area contributed by atoms with Crippen molar-refractivity contribution in [3.05, 3.63) is 0 Å². The van der Waals surface area contributed by atoms with Crippen LogP contribution in [0.3, 0.4) is 0 Å². The fourth-order valence-electron chi connectivity index (χ4n) is 1.77. The Balaban J connectivity index is 2.58. The maximum atomic E-state index is 11.9. The summed E-state index contributed by atoms with van der Waals surface area (Å²) in [5.41, 5.74) is 0. The maximum absolute atomic E-state index is 11.9. The second kappa shape index (κ2) is 6.21. The number of ether oxygens (including phenoxy) is 1. The van der Waals surface area contributed by atoms with E-state index in [0.717, 1.165) is 0 Å². The number of nitrogens with one attached hydrogen (secondary N) is 1. The molecule has 1 saturated heterocycles. The lowest BCUT2D eigenvalue weighted by Crippen LogP contribution is -2.59. The monoisotopic (exact) mass is 296 g/mol. The molecule has 0 radical (unpaired) electrons. The zero-order chi connectivity index (χ0) is 15.5. The Bertz CT molecular complexity index is 409. The van der Waals surface area contributed by atoms with Crippen molar-refractivity contribution < 1.29 is 32.3 Å². The van der Waals surface area contributed by atoms with Crippen LogP contribution in [-0.2, 0) is 14.3 Å². The van der Waals surface area contributed by atoms with Gasteiger partial charge >= 0.3 is 12.2 Å². The first-order valence-corrected chi connectivity index (χ1v) is 5.94. The number of urea groups is 1. The van der Waals surface area contributed by atoms with Gasteiger partial charge < -0.3 is 4.74 Å². The van der Waals surface area contributed by atoms with Crippen LogP contribution in [0.15, 0.2) is 0 Å². The van der Waals surface area contributed by atoms with Crippen LogP contribution in [0.2, 0.25) is 0 Å². The van der Waals surface area contributed by atoms with Crippen molar-refractivity contribution in [2.45, 2.75) is 20.0 Å². The maximum Gasteiger partial charge on any atom is 0.411 e. The van der Waals surface area contributed by atoms with Gasteiger partial charge in [0.1, 0.15) is 12.5 Å². The molecule has 1 fully saturated rings. The lowest BCUT2D eigenvalue weighted by Gasteiger charge is -2.31. The Kier molecular flexibility index (Phi) is 5.09.